The molecule has 0 nitrogen and oxygen atoms in total. The van der Waals surface area contributed by atoms with Gasteiger partial charge in [0.1, 0.15) is 5.82 Å². The van der Waals surface area contributed by atoms with Crippen molar-refractivity contribution in [3.05, 3.63) is 34.1 Å². The molecule has 1 atom stereocenters. The van der Waals surface area contributed by atoms with Crippen molar-refractivity contribution in [2.24, 2.45) is 5.92 Å². The van der Waals surface area contributed by atoms with E-state index in [4.69, 9.17) is 0 Å². The number of halogens is 2. The van der Waals surface area contributed by atoms with Crippen molar-refractivity contribution in [2.75, 3.05) is 0 Å². The summed E-state index contributed by atoms with van der Waals surface area (Å²) in [6.07, 6.45) is 0. The molecule has 0 spiro atoms. The van der Waals surface area contributed by atoms with Crippen LogP contribution in [0.25, 0.3) is 0 Å². The first-order chi connectivity index (χ1) is 7.00. The third-order valence-corrected chi connectivity index (χ3v) is 4.61. The normalized spacial score (nSPS) is 13.2. The van der Waals surface area contributed by atoms with Gasteiger partial charge in [0.2, 0.25) is 0 Å². The Morgan fingerprint density at radius 2 is 2.00 bits per heavy atom. The second-order valence-electron chi connectivity index (χ2n) is 4.01. The molecule has 0 radical (unpaired) electrons. The third-order valence-electron chi connectivity index (χ3n) is 2.44. The first-order valence-electron chi connectivity index (χ1n) is 5.06. The van der Waals surface area contributed by atoms with Crippen LogP contribution in [0.15, 0.2) is 22.7 Å². The molecule has 0 N–H and O–H groups in total. The molecular formula is C12H16BrFS. The summed E-state index contributed by atoms with van der Waals surface area (Å²) in [7, 11) is 0. The van der Waals surface area contributed by atoms with Crippen LogP contribution in [0.3, 0.4) is 0 Å². The van der Waals surface area contributed by atoms with Gasteiger partial charge in [0.05, 0.1) is 4.47 Å². The van der Waals surface area contributed by atoms with Gasteiger partial charge in [-0.15, -0.1) is 0 Å². The fraction of sp³-hybridized carbons (Fsp3) is 0.500. The number of rotatable bonds is 4. The number of hydrogen-bond acceptors (Lipinski definition) is 1. The van der Waals surface area contributed by atoms with Crippen LogP contribution in [0.2, 0.25) is 0 Å². The minimum Gasteiger partial charge on any atom is -0.206 e. The fourth-order valence-electron chi connectivity index (χ4n) is 1.05. The lowest BCUT2D eigenvalue weighted by molar-refractivity contribution is 0.620. The molecule has 15 heavy (non-hydrogen) atoms. The second-order valence-corrected chi connectivity index (χ2v) is 6.23. The molecule has 0 aliphatic rings. The highest BCUT2D eigenvalue weighted by Gasteiger charge is 2.08. The molecule has 0 saturated heterocycles. The molecule has 1 rings (SSSR count). The summed E-state index contributed by atoms with van der Waals surface area (Å²) in [6.45, 7) is 6.67. The molecular weight excluding hydrogens is 275 g/mol. The van der Waals surface area contributed by atoms with Crippen molar-refractivity contribution < 1.29 is 4.39 Å². The fourth-order valence-corrected chi connectivity index (χ4v) is 2.50. The molecule has 0 aliphatic heterocycles. The van der Waals surface area contributed by atoms with Crippen LogP contribution in [-0.2, 0) is 5.75 Å². The van der Waals surface area contributed by atoms with E-state index in [2.05, 4.69) is 36.7 Å². The van der Waals surface area contributed by atoms with Crippen molar-refractivity contribution in [1.29, 1.82) is 0 Å². The van der Waals surface area contributed by atoms with E-state index in [-0.39, 0.29) is 5.82 Å². The van der Waals surface area contributed by atoms with Crippen LogP contribution in [-0.4, -0.2) is 5.25 Å². The van der Waals surface area contributed by atoms with Crippen LogP contribution >= 0.6 is 27.7 Å². The summed E-state index contributed by atoms with van der Waals surface area (Å²) in [6, 6.07) is 5.22. The standard InChI is InChI=1S/C12H16BrFS/c1-8(2)9(3)15-7-10-4-5-12(14)11(13)6-10/h4-6,8-9H,7H2,1-3H3. The highest BCUT2D eigenvalue weighted by Crippen LogP contribution is 2.25. The average molecular weight is 291 g/mol. The van der Waals surface area contributed by atoms with Crippen LogP contribution in [0.1, 0.15) is 26.3 Å². The van der Waals surface area contributed by atoms with Crippen LogP contribution in [0.5, 0.6) is 0 Å². The van der Waals surface area contributed by atoms with Gasteiger partial charge in [-0.25, -0.2) is 4.39 Å². The van der Waals surface area contributed by atoms with Crippen LogP contribution < -0.4 is 0 Å². The highest BCUT2D eigenvalue weighted by atomic mass is 79.9. The number of hydrogen-bond donors (Lipinski definition) is 0. The maximum absolute atomic E-state index is 13.0. The summed E-state index contributed by atoms with van der Waals surface area (Å²) in [5, 5.41) is 0.633. The van der Waals surface area contributed by atoms with E-state index in [0.29, 0.717) is 15.6 Å². The van der Waals surface area contributed by atoms with Gasteiger partial charge in [-0.1, -0.05) is 26.8 Å². The van der Waals surface area contributed by atoms with Gasteiger partial charge in [-0.05, 0) is 39.5 Å². The van der Waals surface area contributed by atoms with Gasteiger partial charge in [-0.2, -0.15) is 11.8 Å². The van der Waals surface area contributed by atoms with Gasteiger partial charge in [0, 0.05) is 11.0 Å². The lowest BCUT2D eigenvalue weighted by atomic mass is 10.2. The van der Waals surface area contributed by atoms with Gasteiger partial charge in [0.15, 0.2) is 0 Å². The van der Waals surface area contributed by atoms with Gasteiger partial charge < -0.3 is 0 Å². The number of thioether (sulfide) groups is 1. The molecule has 1 unspecified atom stereocenters. The monoisotopic (exact) mass is 290 g/mol. The first kappa shape index (κ1) is 13.0. The summed E-state index contributed by atoms with van der Waals surface area (Å²) >= 11 is 5.11. The maximum Gasteiger partial charge on any atom is 0.137 e. The number of benzene rings is 1. The average Bonchev–Trinajstić information content (AvgIpc) is 2.19. The van der Waals surface area contributed by atoms with E-state index in [1.807, 2.05) is 23.9 Å². The molecule has 3 heteroatoms. The van der Waals surface area contributed by atoms with Gasteiger partial charge >= 0.3 is 0 Å². The lowest BCUT2D eigenvalue weighted by Crippen LogP contribution is -2.05. The zero-order valence-corrected chi connectivity index (χ0v) is 11.7. The molecule has 0 fully saturated rings. The Balaban J connectivity index is 2.55. The van der Waals surface area contributed by atoms with E-state index in [1.54, 1.807) is 0 Å². The van der Waals surface area contributed by atoms with E-state index < -0.39 is 0 Å². The Labute approximate surface area is 104 Å². The summed E-state index contributed by atoms with van der Waals surface area (Å²) < 4.78 is 13.5. The Morgan fingerprint density at radius 3 is 2.53 bits per heavy atom. The molecule has 0 saturated carbocycles. The third kappa shape index (κ3) is 4.15. The van der Waals surface area contributed by atoms with Crippen LogP contribution in [0.4, 0.5) is 4.39 Å². The van der Waals surface area contributed by atoms with E-state index >= 15 is 0 Å². The van der Waals surface area contributed by atoms with Crippen molar-refractivity contribution in [1.82, 2.24) is 0 Å². The smallest absolute Gasteiger partial charge is 0.137 e. The quantitative estimate of drug-likeness (QED) is 0.763. The molecule has 1 aromatic carbocycles. The van der Waals surface area contributed by atoms with E-state index in [1.165, 1.54) is 11.6 Å². The van der Waals surface area contributed by atoms with Gasteiger partial charge in [0.25, 0.3) is 0 Å². The largest absolute Gasteiger partial charge is 0.206 e. The molecule has 0 amide bonds. The SMILES string of the molecule is CC(C)C(C)SCc1ccc(F)c(Br)c1. The minimum absolute atomic E-state index is 0.194. The topological polar surface area (TPSA) is 0 Å². The van der Waals surface area contributed by atoms with Crippen molar-refractivity contribution in [2.45, 2.75) is 31.8 Å². The Bertz CT molecular complexity index is 325. The highest BCUT2D eigenvalue weighted by molar-refractivity contribution is 9.10. The zero-order chi connectivity index (χ0) is 11.4. The Morgan fingerprint density at radius 1 is 1.33 bits per heavy atom. The molecule has 84 valence electrons. The Hall–Kier alpha value is -0.0200. The lowest BCUT2D eigenvalue weighted by Gasteiger charge is -2.14. The predicted octanol–water partition coefficient (Wildman–Crippen LogP) is 4.87. The molecule has 0 aliphatic carbocycles. The summed E-state index contributed by atoms with van der Waals surface area (Å²) in [4.78, 5) is 0. The minimum atomic E-state index is -0.194. The summed E-state index contributed by atoms with van der Waals surface area (Å²) in [5.41, 5.74) is 1.17. The predicted molar refractivity (Wildman–Crippen MR) is 69.7 cm³/mol. The molecule has 1 aromatic rings. The van der Waals surface area contributed by atoms with Gasteiger partial charge in [-0.3, -0.25) is 0 Å². The molecule has 0 heterocycles. The Kier molecular flexibility index (Phi) is 5.13. The zero-order valence-electron chi connectivity index (χ0n) is 9.26. The summed E-state index contributed by atoms with van der Waals surface area (Å²) in [5.74, 6) is 1.43. The molecule has 0 bridgehead atoms. The maximum atomic E-state index is 13.0. The van der Waals surface area contributed by atoms with Crippen molar-refractivity contribution in [3.63, 3.8) is 0 Å². The van der Waals surface area contributed by atoms with E-state index in [9.17, 15) is 4.39 Å². The van der Waals surface area contributed by atoms with E-state index in [0.717, 1.165) is 5.75 Å². The van der Waals surface area contributed by atoms with Crippen LogP contribution in [0, 0.1) is 11.7 Å². The second kappa shape index (κ2) is 5.90. The van der Waals surface area contributed by atoms with Crippen molar-refractivity contribution >= 4 is 27.7 Å². The molecule has 0 aromatic heterocycles. The first-order valence-corrected chi connectivity index (χ1v) is 6.90. The van der Waals surface area contributed by atoms with Crippen molar-refractivity contribution in [3.8, 4) is 0 Å².